The van der Waals surface area contributed by atoms with Gasteiger partial charge in [-0.3, -0.25) is 4.79 Å². The number of nitrogens with two attached hydrogens (primary N) is 1. The Hall–Kier alpha value is -1.55. The fourth-order valence-electron chi connectivity index (χ4n) is 2.75. The average Bonchev–Trinajstić information content (AvgIpc) is 2.52. The summed E-state index contributed by atoms with van der Waals surface area (Å²) in [5, 5.41) is 0. The van der Waals surface area contributed by atoms with Gasteiger partial charge < -0.3 is 15.4 Å². The first-order valence-electron chi connectivity index (χ1n) is 7.80. The lowest BCUT2D eigenvalue weighted by atomic mass is 10.0. The molecule has 2 rings (SSSR count). The third kappa shape index (κ3) is 4.46. The zero-order valence-electron chi connectivity index (χ0n) is 13.0. The van der Waals surface area contributed by atoms with Crippen molar-refractivity contribution in [3.63, 3.8) is 0 Å². The van der Waals surface area contributed by atoms with Crippen molar-refractivity contribution in [1.29, 1.82) is 0 Å². The number of amides is 1. The second-order valence-corrected chi connectivity index (χ2v) is 5.88. The van der Waals surface area contributed by atoms with E-state index in [-0.39, 0.29) is 18.1 Å². The molecule has 21 heavy (non-hydrogen) atoms. The Morgan fingerprint density at radius 1 is 1.48 bits per heavy atom. The minimum atomic E-state index is 0.0354. The van der Waals surface area contributed by atoms with Crippen LogP contribution < -0.4 is 5.73 Å². The molecule has 1 aliphatic rings. The van der Waals surface area contributed by atoms with Crippen LogP contribution in [0.5, 0.6) is 0 Å². The quantitative estimate of drug-likeness (QED) is 0.848. The number of hydrogen-bond acceptors (Lipinski definition) is 3. The van der Waals surface area contributed by atoms with E-state index in [9.17, 15) is 4.79 Å². The monoisotopic (exact) mass is 290 g/mol. The molecule has 1 fully saturated rings. The van der Waals surface area contributed by atoms with Gasteiger partial charge in [0.2, 0.25) is 5.91 Å². The molecule has 0 saturated carbocycles. The van der Waals surface area contributed by atoms with Crippen molar-refractivity contribution >= 4 is 11.6 Å². The summed E-state index contributed by atoms with van der Waals surface area (Å²) in [5.74, 6) is 0.166. The number of anilines is 1. The van der Waals surface area contributed by atoms with Crippen molar-refractivity contribution in [2.75, 3.05) is 19.4 Å². The summed E-state index contributed by atoms with van der Waals surface area (Å²) < 4.78 is 5.68. The summed E-state index contributed by atoms with van der Waals surface area (Å²) in [6, 6.07) is 7.76. The highest BCUT2D eigenvalue weighted by Gasteiger charge is 2.20. The zero-order valence-corrected chi connectivity index (χ0v) is 13.0. The molecule has 1 saturated heterocycles. The molecule has 0 aliphatic carbocycles. The van der Waals surface area contributed by atoms with E-state index in [1.165, 1.54) is 6.42 Å². The topological polar surface area (TPSA) is 55.6 Å². The van der Waals surface area contributed by atoms with E-state index < -0.39 is 0 Å². The molecule has 1 aliphatic heterocycles. The summed E-state index contributed by atoms with van der Waals surface area (Å²) in [4.78, 5) is 14.1. The number of rotatable bonds is 5. The van der Waals surface area contributed by atoms with Gasteiger partial charge in [-0.25, -0.2) is 0 Å². The highest BCUT2D eigenvalue weighted by atomic mass is 16.5. The molecule has 1 aromatic carbocycles. The summed E-state index contributed by atoms with van der Waals surface area (Å²) in [6.45, 7) is 2.87. The number of benzene rings is 1. The van der Waals surface area contributed by atoms with Crippen LogP contribution >= 0.6 is 0 Å². The third-order valence-electron chi connectivity index (χ3n) is 4.32. The zero-order chi connectivity index (χ0) is 15.2. The molecule has 4 heteroatoms. The van der Waals surface area contributed by atoms with Crippen molar-refractivity contribution < 1.29 is 9.53 Å². The first-order valence-corrected chi connectivity index (χ1v) is 7.80. The van der Waals surface area contributed by atoms with E-state index in [0.29, 0.717) is 6.42 Å². The van der Waals surface area contributed by atoms with Crippen molar-refractivity contribution in [2.24, 2.45) is 0 Å². The van der Waals surface area contributed by atoms with Gasteiger partial charge in [0.15, 0.2) is 0 Å². The van der Waals surface area contributed by atoms with Crippen molar-refractivity contribution in [3.05, 3.63) is 29.8 Å². The molecule has 2 N–H and O–H groups in total. The summed E-state index contributed by atoms with van der Waals surface area (Å²) in [7, 11) is 1.86. The molecular weight excluding hydrogens is 264 g/mol. The number of nitrogen functional groups attached to an aromatic ring is 1. The summed E-state index contributed by atoms with van der Waals surface area (Å²) in [5.41, 5.74) is 7.61. The van der Waals surface area contributed by atoms with Crippen LogP contribution in [0.1, 0.15) is 50.6 Å². The van der Waals surface area contributed by atoms with Crippen LogP contribution in [0.15, 0.2) is 24.3 Å². The highest BCUT2D eigenvalue weighted by molar-refractivity contribution is 5.76. The number of carbonyl (C=O) groups is 1. The van der Waals surface area contributed by atoms with Gasteiger partial charge >= 0.3 is 0 Å². The Balaban J connectivity index is 1.86. The second kappa shape index (κ2) is 7.46. The molecule has 116 valence electrons. The van der Waals surface area contributed by atoms with E-state index in [2.05, 4.69) is 0 Å². The molecule has 0 bridgehead atoms. The average molecular weight is 290 g/mol. The van der Waals surface area contributed by atoms with Gasteiger partial charge in [0.1, 0.15) is 0 Å². The molecule has 1 amide bonds. The molecular formula is C17H26N2O2. The summed E-state index contributed by atoms with van der Waals surface area (Å²) in [6.07, 6.45) is 5.09. The number of ether oxygens (including phenoxy) is 1. The maximum absolute atomic E-state index is 12.3. The van der Waals surface area contributed by atoms with Gasteiger partial charge in [-0.05, 0) is 50.3 Å². The molecule has 1 heterocycles. The first kappa shape index (κ1) is 15.8. The maximum atomic E-state index is 12.3. The fourth-order valence-corrected chi connectivity index (χ4v) is 2.75. The van der Waals surface area contributed by atoms with Crippen molar-refractivity contribution in [2.45, 2.75) is 51.2 Å². The number of nitrogens with zero attached hydrogens (tertiary/aromatic N) is 1. The highest BCUT2D eigenvalue weighted by Crippen LogP contribution is 2.23. The van der Waals surface area contributed by atoms with E-state index in [0.717, 1.165) is 37.1 Å². The van der Waals surface area contributed by atoms with E-state index in [4.69, 9.17) is 10.5 Å². The molecule has 0 radical (unpaired) electrons. The smallest absolute Gasteiger partial charge is 0.222 e. The first-order chi connectivity index (χ1) is 10.1. The SMILES string of the molecule is CC(c1cccc(N)c1)N(C)C(=O)CCC1CCCCO1. The van der Waals surface area contributed by atoms with Crippen LogP contribution in [0, 0.1) is 0 Å². The maximum Gasteiger partial charge on any atom is 0.222 e. The lowest BCUT2D eigenvalue weighted by Gasteiger charge is -2.27. The van der Waals surface area contributed by atoms with Gasteiger partial charge in [-0.1, -0.05) is 12.1 Å². The van der Waals surface area contributed by atoms with E-state index in [1.807, 2.05) is 38.2 Å². The Labute approximate surface area is 127 Å². The van der Waals surface area contributed by atoms with E-state index >= 15 is 0 Å². The largest absolute Gasteiger partial charge is 0.399 e. The lowest BCUT2D eigenvalue weighted by Crippen LogP contribution is -2.31. The van der Waals surface area contributed by atoms with Crippen LogP contribution in [-0.2, 0) is 9.53 Å². The van der Waals surface area contributed by atoms with Gasteiger partial charge in [0.25, 0.3) is 0 Å². The minimum Gasteiger partial charge on any atom is -0.399 e. The van der Waals surface area contributed by atoms with Crippen LogP contribution in [0.25, 0.3) is 0 Å². The van der Waals surface area contributed by atoms with Crippen LogP contribution in [-0.4, -0.2) is 30.6 Å². The number of carbonyl (C=O) groups excluding carboxylic acids is 1. The van der Waals surface area contributed by atoms with E-state index in [1.54, 1.807) is 4.90 Å². The van der Waals surface area contributed by atoms with Crippen molar-refractivity contribution in [1.82, 2.24) is 4.90 Å². The Morgan fingerprint density at radius 3 is 2.95 bits per heavy atom. The second-order valence-electron chi connectivity index (χ2n) is 5.88. The predicted molar refractivity (Wildman–Crippen MR) is 84.9 cm³/mol. The molecule has 2 atom stereocenters. The summed E-state index contributed by atoms with van der Waals surface area (Å²) >= 11 is 0. The molecule has 0 aromatic heterocycles. The van der Waals surface area contributed by atoms with Gasteiger partial charge in [0.05, 0.1) is 12.1 Å². The Morgan fingerprint density at radius 2 is 2.29 bits per heavy atom. The normalized spacial score (nSPS) is 20.0. The van der Waals surface area contributed by atoms with Crippen LogP contribution in [0.3, 0.4) is 0 Å². The standard InChI is InChI=1S/C17H26N2O2/c1-13(14-6-5-7-15(18)12-14)19(2)17(20)10-9-16-8-3-4-11-21-16/h5-7,12-13,16H,3-4,8-11,18H2,1-2H3. The Kier molecular flexibility index (Phi) is 5.62. The van der Waals surface area contributed by atoms with Crippen LogP contribution in [0.4, 0.5) is 5.69 Å². The molecule has 1 aromatic rings. The van der Waals surface area contributed by atoms with Gasteiger partial charge in [-0.2, -0.15) is 0 Å². The number of hydrogen-bond donors (Lipinski definition) is 1. The minimum absolute atomic E-state index is 0.0354. The third-order valence-corrected chi connectivity index (χ3v) is 4.32. The molecule has 4 nitrogen and oxygen atoms in total. The fraction of sp³-hybridized carbons (Fsp3) is 0.588. The van der Waals surface area contributed by atoms with Gasteiger partial charge in [-0.15, -0.1) is 0 Å². The van der Waals surface area contributed by atoms with Crippen molar-refractivity contribution in [3.8, 4) is 0 Å². The predicted octanol–water partition coefficient (Wildman–Crippen LogP) is 3.14. The lowest BCUT2D eigenvalue weighted by molar-refractivity contribution is -0.132. The molecule has 0 spiro atoms. The van der Waals surface area contributed by atoms with Gasteiger partial charge in [0, 0.05) is 25.8 Å². The van der Waals surface area contributed by atoms with Crippen LogP contribution in [0.2, 0.25) is 0 Å². The molecule has 2 unspecified atom stereocenters. The Bertz CT molecular complexity index is 470.